The Morgan fingerprint density at radius 1 is 1.47 bits per heavy atom. The number of hydrogen-bond donors (Lipinski definition) is 1. The maximum atomic E-state index is 11.0. The van der Waals surface area contributed by atoms with Gasteiger partial charge in [0.2, 0.25) is 0 Å². The molecule has 1 N–H and O–H groups in total. The third kappa shape index (κ3) is 2.45. The van der Waals surface area contributed by atoms with Gasteiger partial charge in [0.15, 0.2) is 0 Å². The number of rotatable bonds is 4. The Bertz CT molecular complexity index is 318. The summed E-state index contributed by atoms with van der Waals surface area (Å²) in [6, 6.07) is 0. The smallest absolute Gasteiger partial charge is 0.436 e. The van der Waals surface area contributed by atoms with Crippen molar-refractivity contribution in [3.8, 4) is 0 Å². The van der Waals surface area contributed by atoms with Crippen LogP contribution in [0.2, 0.25) is 0 Å². The van der Waals surface area contributed by atoms with Crippen molar-refractivity contribution in [3.05, 3.63) is 12.2 Å². The van der Waals surface area contributed by atoms with E-state index in [0.29, 0.717) is 30.2 Å². The fraction of sp³-hybridized carbons (Fsp3) is 0.750. The highest BCUT2D eigenvalue weighted by Crippen LogP contribution is 2.47. The largest absolute Gasteiger partial charge is 0.527 e. The Labute approximate surface area is 101 Å². The van der Waals surface area contributed by atoms with Crippen molar-refractivity contribution in [2.75, 3.05) is 20.4 Å². The van der Waals surface area contributed by atoms with E-state index in [1.165, 1.54) is 18.6 Å². The van der Waals surface area contributed by atoms with Gasteiger partial charge in [-0.25, -0.2) is 4.79 Å². The number of hydroxylamine groups is 2. The molecule has 0 saturated heterocycles. The summed E-state index contributed by atoms with van der Waals surface area (Å²) < 4.78 is 4.41. The maximum Gasteiger partial charge on any atom is 0.527 e. The third-order valence-electron chi connectivity index (χ3n) is 3.99. The average Bonchev–Trinajstić information content (AvgIpc) is 2.91. The predicted octanol–water partition coefficient (Wildman–Crippen LogP) is 1.39. The van der Waals surface area contributed by atoms with Crippen LogP contribution in [0, 0.1) is 23.7 Å². The van der Waals surface area contributed by atoms with Crippen LogP contribution < -0.4 is 0 Å². The zero-order chi connectivity index (χ0) is 12.4. The summed E-state index contributed by atoms with van der Waals surface area (Å²) in [7, 11) is 1.25. The Balaban J connectivity index is 1.91. The second-order valence-electron chi connectivity index (χ2n) is 4.82. The number of aliphatic hydroxyl groups excluding tert-OH is 1. The van der Waals surface area contributed by atoms with Crippen LogP contribution >= 0.6 is 0 Å². The molecule has 0 heterocycles. The summed E-state index contributed by atoms with van der Waals surface area (Å²) in [6.45, 7) is 2.46. The lowest BCUT2D eigenvalue weighted by Gasteiger charge is -2.28. The molecular weight excluding hydrogens is 222 g/mol. The molecule has 0 radical (unpaired) electrons. The topological polar surface area (TPSA) is 59.0 Å². The van der Waals surface area contributed by atoms with Gasteiger partial charge in [-0.2, -0.15) is 0 Å². The first-order valence-electron chi connectivity index (χ1n) is 5.95. The first-order valence-corrected chi connectivity index (χ1v) is 5.95. The fourth-order valence-electron chi connectivity index (χ4n) is 2.98. The second-order valence-corrected chi connectivity index (χ2v) is 4.82. The Morgan fingerprint density at radius 3 is 2.71 bits per heavy atom. The number of hydrogen-bond acceptors (Lipinski definition) is 5. The molecule has 1 fully saturated rings. The highest BCUT2D eigenvalue weighted by atomic mass is 16.8. The molecule has 5 heteroatoms. The van der Waals surface area contributed by atoms with E-state index in [4.69, 9.17) is 9.94 Å². The second kappa shape index (κ2) is 5.06. The number of carbonyl (C=O) groups is 1. The first-order chi connectivity index (χ1) is 8.15. The quantitative estimate of drug-likeness (QED) is 0.349. The van der Waals surface area contributed by atoms with Crippen molar-refractivity contribution in [1.82, 2.24) is 5.06 Å². The van der Waals surface area contributed by atoms with Gasteiger partial charge in [0, 0.05) is 6.54 Å². The van der Waals surface area contributed by atoms with Crippen molar-refractivity contribution in [3.63, 3.8) is 0 Å². The van der Waals surface area contributed by atoms with Gasteiger partial charge >= 0.3 is 6.16 Å². The Morgan fingerprint density at radius 2 is 2.18 bits per heavy atom. The van der Waals surface area contributed by atoms with Crippen molar-refractivity contribution >= 4 is 6.16 Å². The van der Waals surface area contributed by atoms with Crippen LogP contribution in [0.1, 0.15) is 13.3 Å². The van der Waals surface area contributed by atoms with Crippen LogP contribution in [0.15, 0.2) is 12.2 Å². The predicted molar refractivity (Wildman–Crippen MR) is 60.7 cm³/mol. The number of nitrogens with zero attached hydrogens (tertiary/aromatic N) is 1. The molecule has 2 bridgehead atoms. The first kappa shape index (κ1) is 12.4. The van der Waals surface area contributed by atoms with Crippen molar-refractivity contribution in [2.24, 2.45) is 23.7 Å². The van der Waals surface area contributed by atoms with Crippen LogP contribution in [-0.2, 0) is 9.57 Å². The number of fused-ring (bicyclic) bond motifs is 2. The van der Waals surface area contributed by atoms with Gasteiger partial charge in [0.05, 0.1) is 7.11 Å². The van der Waals surface area contributed by atoms with Crippen LogP contribution in [-0.4, -0.2) is 36.7 Å². The summed E-state index contributed by atoms with van der Waals surface area (Å²) in [5.74, 6) is 2.19. The highest BCUT2D eigenvalue weighted by molar-refractivity contribution is 5.59. The van der Waals surface area contributed by atoms with E-state index < -0.39 is 6.16 Å². The van der Waals surface area contributed by atoms with Gasteiger partial charge in [-0.3, -0.25) is 0 Å². The van der Waals surface area contributed by atoms with Crippen LogP contribution in [0.3, 0.4) is 0 Å². The molecule has 2 aliphatic carbocycles. The highest BCUT2D eigenvalue weighted by Gasteiger charge is 2.42. The zero-order valence-electron chi connectivity index (χ0n) is 10.2. The Kier molecular flexibility index (Phi) is 3.69. The molecule has 1 saturated carbocycles. The molecule has 0 aliphatic heterocycles. The number of aliphatic hydroxyl groups is 1. The molecule has 2 aliphatic rings. The minimum Gasteiger partial charge on any atom is -0.436 e. The van der Waals surface area contributed by atoms with Crippen molar-refractivity contribution in [1.29, 1.82) is 0 Å². The molecular formula is C12H19NO4. The SMILES string of the molecule is COC(=O)ON(CO)CC1C2C=CC(C2)C1C. The summed E-state index contributed by atoms with van der Waals surface area (Å²) in [5, 5.41) is 10.4. The molecule has 0 spiro atoms. The molecule has 0 amide bonds. The Hall–Kier alpha value is -1.07. The van der Waals surface area contributed by atoms with Gasteiger partial charge < -0.3 is 14.7 Å². The van der Waals surface area contributed by atoms with Crippen LogP contribution in [0.25, 0.3) is 0 Å². The normalized spacial score (nSPS) is 34.4. The van der Waals surface area contributed by atoms with E-state index in [2.05, 4.69) is 23.8 Å². The minimum absolute atomic E-state index is 0.306. The molecule has 0 aromatic heterocycles. The minimum atomic E-state index is -0.787. The summed E-state index contributed by atoms with van der Waals surface area (Å²) in [4.78, 5) is 15.8. The van der Waals surface area contributed by atoms with Gasteiger partial charge in [-0.1, -0.05) is 19.1 Å². The maximum absolute atomic E-state index is 11.0. The number of ether oxygens (including phenoxy) is 1. The number of methoxy groups -OCH3 is 1. The molecule has 4 unspecified atom stereocenters. The van der Waals surface area contributed by atoms with Crippen molar-refractivity contribution < 1.29 is 19.5 Å². The lowest BCUT2D eigenvalue weighted by Crippen LogP contribution is -2.36. The van der Waals surface area contributed by atoms with Gasteiger partial charge in [0.1, 0.15) is 6.73 Å². The van der Waals surface area contributed by atoms with Gasteiger partial charge in [-0.15, -0.1) is 5.06 Å². The van der Waals surface area contributed by atoms with E-state index in [9.17, 15) is 4.79 Å². The van der Waals surface area contributed by atoms with E-state index >= 15 is 0 Å². The average molecular weight is 241 g/mol. The summed E-state index contributed by atoms with van der Waals surface area (Å²) in [6.07, 6.45) is 4.91. The molecule has 2 rings (SSSR count). The van der Waals surface area contributed by atoms with Crippen LogP contribution in [0.4, 0.5) is 4.79 Å². The van der Waals surface area contributed by atoms with E-state index in [0.717, 1.165) is 0 Å². The molecule has 5 nitrogen and oxygen atoms in total. The third-order valence-corrected chi connectivity index (χ3v) is 3.99. The van der Waals surface area contributed by atoms with Crippen LogP contribution in [0.5, 0.6) is 0 Å². The fourth-order valence-corrected chi connectivity index (χ4v) is 2.98. The van der Waals surface area contributed by atoms with E-state index in [-0.39, 0.29) is 6.73 Å². The molecule has 4 atom stereocenters. The van der Waals surface area contributed by atoms with Gasteiger partial charge in [0.25, 0.3) is 0 Å². The zero-order valence-corrected chi connectivity index (χ0v) is 10.2. The monoisotopic (exact) mass is 241 g/mol. The lowest BCUT2D eigenvalue weighted by atomic mass is 9.84. The van der Waals surface area contributed by atoms with E-state index in [1.54, 1.807) is 0 Å². The number of carbonyl (C=O) groups excluding carboxylic acids is 1. The summed E-state index contributed by atoms with van der Waals surface area (Å²) in [5.41, 5.74) is 0. The lowest BCUT2D eigenvalue weighted by molar-refractivity contribution is -0.172. The van der Waals surface area contributed by atoms with E-state index in [1.807, 2.05) is 0 Å². The summed E-state index contributed by atoms with van der Waals surface area (Å²) >= 11 is 0. The molecule has 17 heavy (non-hydrogen) atoms. The number of allylic oxidation sites excluding steroid dienone is 2. The standard InChI is InChI=1S/C12H19NO4/c1-8-9-3-4-10(5-9)11(8)6-13(7-14)17-12(15)16-2/h3-4,8-11,14H,5-7H2,1-2H3. The molecule has 96 valence electrons. The molecule has 0 aromatic rings. The van der Waals surface area contributed by atoms with Crippen molar-refractivity contribution in [2.45, 2.75) is 13.3 Å². The molecule has 0 aromatic carbocycles. The van der Waals surface area contributed by atoms with Gasteiger partial charge in [-0.05, 0) is 30.1 Å².